The van der Waals surface area contributed by atoms with Gasteiger partial charge in [0.15, 0.2) is 0 Å². The Balaban J connectivity index is 2.76. The summed E-state index contributed by atoms with van der Waals surface area (Å²) in [4.78, 5) is 48.7. The lowest BCUT2D eigenvalue weighted by atomic mass is 10.2. The number of amides is 4. The van der Waals surface area contributed by atoms with Gasteiger partial charge in [0.05, 0.1) is 0 Å². The topological polar surface area (TPSA) is 84.0 Å². The van der Waals surface area contributed by atoms with Crippen LogP contribution in [0.25, 0.3) is 0 Å². The number of carbonyl (C=O) groups is 4. The Morgan fingerprint density at radius 2 is 1.65 bits per heavy atom. The number of carbonyl (C=O) groups excluding carboxylic acids is 4. The molecule has 0 aromatic carbocycles. The highest BCUT2D eigenvalue weighted by Crippen LogP contribution is 2.16. The van der Waals surface area contributed by atoms with Crippen molar-refractivity contribution in [3.05, 3.63) is 0 Å². The lowest BCUT2D eigenvalue weighted by molar-refractivity contribution is -0.151. The Morgan fingerprint density at radius 3 is 2.05 bits per heavy atom. The molecule has 1 aliphatic rings. The van der Waals surface area contributed by atoms with Gasteiger partial charge < -0.3 is 4.74 Å². The van der Waals surface area contributed by atoms with Crippen molar-refractivity contribution < 1.29 is 23.9 Å². The van der Waals surface area contributed by atoms with Crippen LogP contribution in [0.1, 0.15) is 40.5 Å². The quantitative estimate of drug-likeness (QED) is 0.704. The van der Waals surface area contributed by atoms with Crippen LogP contribution in [-0.2, 0) is 19.1 Å². The number of nitrogens with zero attached hydrogens (tertiary/aromatic N) is 2. The molecule has 0 bridgehead atoms. The van der Waals surface area contributed by atoms with Crippen LogP contribution in [0.5, 0.6) is 0 Å². The summed E-state index contributed by atoms with van der Waals surface area (Å²) in [5.41, 5.74) is -0.687. The first-order valence-corrected chi connectivity index (χ1v) is 6.40. The van der Waals surface area contributed by atoms with Crippen LogP contribution in [0.15, 0.2) is 0 Å². The van der Waals surface area contributed by atoms with Crippen molar-refractivity contribution in [1.82, 2.24) is 9.80 Å². The fraction of sp³-hybridized carbons (Fsp3) is 0.692. The molecule has 0 aromatic rings. The molecule has 1 rings (SSSR count). The number of hydrogen-bond donors (Lipinski definition) is 0. The summed E-state index contributed by atoms with van der Waals surface area (Å²) in [6, 6.07) is -0.948. The Labute approximate surface area is 117 Å². The van der Waals surface area contributed by atoms with Gasteiger partial charge in [0.2, 0.25) is 11.8 Å². The molecule has 0 aliphatic carbocycles. The third-order valence-corrected chi connectivity index (χ3v) is 2.89. The predicted octanol–water partition coefficient (Wildman–Crippen LogP) is 0.917. The van der Waals surface area contributed by atoms with Crippen molar-refractivity contribution in [3.8, 4) is 0 Å². The van der Waals surface area contributed by atoms with E-state index in [2.05, 4.69) is 0 Å². The van der Waals surface area contributed by atoms with Crippen molar-refractivity contribution in [2.75, 3.05) is 7.05 Å². The van der Waals surface area contributed by atoms with Gasteiger partial charge in [-0.05, 0) is 27.7 Å². The van der Waals surface area contributed by atoms with Crippen LogP contribution in [-0.4, -0.2) is 52.3 Å². The van der Waals surface area contributed by atoms with Crippen molar-refractivity contribution >= 4 is 23.8 Å². The van der Waals surface area contributed by atoms with Crippen LogP contribution < -0.4 is 0 Å². The zero-order chi connectivity index (χ0) is 15.7. The molecule has 1 saturated heterocycles. The lowest BCUT2D eigenvalue weighted by Gasteiger charge is -2.29. The Kier molecular flexibility index (Phi) is 4.52. The van der Waals surface area contributed by atoms with E-state index in [-0.39, 0.29) is 12.8 Å². The number of likely N-dealkylation sites (tertiary alicyclic amines) is 1. The molecule has 0 spiro atoms. The van der Waals surface area contributed by atoms with Gasteiger partial charge in [-0.3, -0.25) is 19.3 Å². The van der Waals surface area contributed by atoms with E-state index < -0.39 is 35.5 Å². The molecule has 1 atom stereocenters. The Bertz CT molecular complexity index is 436. The van der Waals surface area contributed by atoms with Crippen molar-refractivity contribution in [2.45, 2.75) is 52.2 Å². The summed E-state index contributed by atoms with van der Waals surface area (Å²) in [5.74, 6) is -1.75. The number of hydrogen-bond acceptors (Lipinski definition) is 5. The molecular formula is C13H20N2O5. The molecule has 0 N–H and O–H groups in total. The molecule has 1 aliphatic heterocycles. The van der Waals surface area contributed by atoms with Gasteiger partial charge in [-0.15, -0.1) is 0 Å². The summed E-state index contributed by atoms with van der Waals surface area (Å²) in [6.45, 7) is 6.57. The monoisotopic (exact) mass is 284 g/mol. The van der Waals surface area contributed by atoms with Crippen molar-refractivity contribution in [2.24, 2.45) is 0 Å². The molecule has 7 heteroatoms. The van der Waals surface area contributed by atoms with E-state index in [9.17, 15) is 19.2 Å². The minimum absolute atomic E-state index is 0.0352. The van der Waals surface area contributed by atoms with Crippen LogP contribution in [0.3, 0.4) is 0 Å². The molecule has 0 radical (unpaired) electrons. The van der Waals surface area contributed by atoms with E-state index in [1.54, 1.807) is 20.8 Å². The third kappa shape index (κ3) is 3.55. The highest BCUT2D eigenvalue weighted by atomic mass is 16.6. The van der Waals surface area contributed by atoms with Gasteiger partial charge in [0.25, 0.3) is 5.91 Å². The highest BCUT2D eigenvalue weighted by Gasteiger charge is 2.39. The van der Waals surface area contributed by atoms with E-state index in [0.29, 0.717) is 4.90 Å². The normalized spacial score (nSPS) is 17.1. The van der Waals surface area contributed by atoms with E-state index >= 15 is 0 Å². The molecule has 0 unspecified atom stereocenters. The molecule has 112 valence electrons. The summed E-state index contributed by atoms with van der Waals surface area (Å²) in [7, 11) is 1.39. The molecule has 0 saturated carbocycles. The molecule has 1 heterocycles. The van der Waals surface area contributed by atoms with E-state index in [1.807, 2.05) is 0 Å². The minimum atomic E-state index is -0.948. The second kappa shape index (κ2) is 5.60. The van der Waals surface area contributed by atoms with Crippen molar-refractivity contribution in [1.29, 1.82) is 0 Å². The van der Waals surface area contributed by atoms with Gasteiger partial charge in [0.1, 0.15) is 11.6 Å². The zero-order valence-electron chi connectivity index (χ0n) is 12.4. The number of likely N-dealkylation sites (N-methyl/N-ethyl adjacent to an activating group) is 1. The van der Waals surface area contributed by atoms with Crippen LogP contribution in [0, 0.1) is 0 Å². The fourth-order valence-corrected chi connectivity index (χ4v) is 1.67. The highest BCUT2D eigenvalue weighted by molar-refractivity contribution is 6.16. The smallest absolute Gasteiger partial charge is 0.410 e. The largest absolute Gasteiger partial charge is 0.444 e. The van der Waals surface area contributed by atoms with Crippen LogP contribution in [0.2, 0.25) is 0 Å². The van der Waals surface area contributed by atoms with Crippen LogP contribution >= 0.6 is 0 Å². The molecule has 1 fully saturated rings. The summed E-state index contributed by atoms with van der Waals surface area (Å²) >= 11 is 0. The second-order valence-electron chi connectivity index (χ2n) is 5.73. The maximum Gasteiger partial charge on any atom is 0.410 e. The van der Waals surface area contributed by atoms with Crippen LogP contribution in [0.4, 0.5) is 4.79 Å². The number of rotatable bonds is 2. The minimum Gasteiger partial charge on any atom is -0.444 e. The maximum atomic E-state index is 12.1. The molecule has 20 heavy (non-hydrogen) atoms. The predicted molar refractivity (Wildman–Crippen MR) is 69.6 cm³/mol. The number of imide groups is 3. The molecule has 0 aromatic heterocycles. The Hall–Kier alpha value is -1.92. The standard InChI is InChI=1S/C13H20N2O5/c1-8(14(5)12(19)20-13(2,3)4)11(18)15-9(16)6-7-10(15)17/h8H,6-7H2,1-5H3/t8-/m0/s1. The van der Waals surface area contributed by atoms with Gasteiger partial charge in [-0.25, -0.2) is 9.69 Å². The zero-order valence-corrected chi connectivity index (χ0v) is 12.4. The number of ether oxygens (including phenoxy) is 1. The maximum absolute atomic E-state index is 12.1. The third-order valence-electron chi connectivity index (χ3n) is 2.89. The first kappa shape index (κ1) is 16.1. The fourth-order valence-electron chi connectivity index (χ4n) is 1.67. The average Bonchev–Trinajstić information content (AvgIpc) is 2.64. The lowest BCUT2D eigenvalue weighted by Crippen LogP contribution is -2.50. The van der Waals surface area contributed by atoms with Gasteiger partial charge in [-0.1, -0.05) is 0 Å². The second-order valence-corrected chi connectivity index (χ2v) is 5.73. The summed E-state index contributed by atoms with van der Waals surface area (Å²) < 4.78 is 5.13. The SMILES string of the molecule is C[C@@H](C(=O)N1C(=O)CCC1=O)N(C)C(=O)OC(C)(C)C. The van der Waals surface area contributed by atoms with Gasteiger partial charge in [-0.2, -0.15) is 0 Å². The van der Waals surface area contributed by atoms with Gasteiger partial charge >= 0.3 is 6.09 Å². The van der Waals surface area contributed by atoms with E-state index in [0.717, 1.165) is 4.90 Å². The average molecular weight is 284 g/mol. The summed E-state index contributed by atoms with van der Waals surface area (Å²) in [5, 5.41) is 0. The molecule has 4 amide bonds. The van der Waals surface area contributed by atoms with Crippen molar-refractivity contribution in [3.63, 3.8) is 0 Å². The Morgan fingerprint density at radius 1 is 1.20 bits per heavy atom. The molecule has 7 nitrogen and oxygen atoms in total. The first-order valence-electron chi connectivity index (χ1n) is 6.40. The molecular weight excluding hydrogens is 264 g/mol. The van der Waals surface area contributed by atoms with E-state index in [4.69, 9.17) is 4.74 Å². The summed E-state index contributed by atoms with van der Waals surface area (Å²) in [6.07, 6.45) is -0.613. The van der Waals surface area contributed by atoms with E-state index in [1.165, 1.54) is 14.0 Å². The first-order chi connectivity index (χ1) is 9.04. The van der Waals surface area contributed by atoms with Gasteiger partial charge in [0, 0.05) is 19.9 Å².